The number of nitrogens with two attached hydrogens (primary N) is 1. The van der Waals surface area contributed by atoms with Gasteiger partial charge in [0.2, 0.25) is 0 Å². The minimum Gasteiger partial charge on any atom is -0.507 e. The Labute approximate surface area is 99.5 Å². The van der Waals surface area contributed by atoms with Crippen LogP contribution in [0.3, 0.4) is 0 Å². The highest BCUT2D eigenvalue weighted by molar-refractivity contribution is 6.10. The molecule has 0 atom stereocenters. The highest BCUT2D eigenvalue weighted by Gasteiger charge is 2.13. The first kappa shape index (κ1) is 11.4. The molecule has 0 radical (unpaired) electrons. The van der Waals surface area contributed by atoms with Gasteiger partial charge in [-0.25, -0.2) is 0 Å². The topological polar surface area (TPSA) is 63.3 Å². The summed E-state index contributed by atoms with van der Waals surface area (Å²) in [4.78, 5) is 12.1. The van der Waals surface area contributed by atoms with Gasteiger partial charge in [0.1, 0.15) is 5.75 Å². The van der Waals surface area contributed by atoms with Crippen LogP contribution in [0, 0.1) is 0 Å². The molecule has 0 aromatic heterocycles. The van der Waals surface area contributed by atoms with E-state index >= 15 is 0 Å². The summed E-state index contributed by atoms with van der Waals surface area (Å²) in [6.07, 6.45) is 0. The molecule has 0 fully saturated rings. The maximum Gasteiger partial charge on any atom is 0.196 e. The van der Waals surface area contributed by atoms with Crippen LogP contribution in [0.4, 0.5) is 0 Å². The fourth-order valence-electron chi connectivity index (χ4n) is 1.64. The number of ketones is 1. The van der Waals surface area contributed by atoms with Gasteiger partial charge >= 0.3 is 0 Å². The van der Waals surface area contributed by atoms with Gasteiger partial charge in [-0.15, -0.1) is 0 Å². The van der Waals surface area contributed by atoms with Crippen molar-refractivity contribution in [2.75, 3.05) is 0 Å². The maximum atomic E-state index is 12.1. The van der Waals surface area contributed by atoms with Crippen molar-refractivity contribution < 1.29 is 9.90 Å². The number of rotatable bonds is 3. The van der Waals surface area contributed by atoms with E-state index in [9.17, 15) is 9.90 Å². The van der Waals surface area contributed by atoms with Crippen LogP contribution in [0.25, 0.3) is 0 Å². The highest BCUT2D eigenvalue weighted by atomic mass is 16.3. The second-order valence-electron chi connectivity index (χ2n) is 3.75. The molecule has 2 aromatic rings. The van der Waals surface area contributed by atoms with Crippen LogP contribution < -0.4 is 5.73 Å². The third kappa shape index (κ3) is 2.34. The summed E-state index contributed by atoms with van der Waals surface area (Å²) in [5.41, 5.74) is 7.12. The van der Waals surface area contributed by atoms with Crippen molar-refractivity contribution >= 4 is 5.78 Å². The molecule has 0 spiro atoms. The van der Waals surface area contributed by atoms with Crippen molar-refractivity contribution in [3.63, 3.8) is 0 Å². The van der Waals surface area contributed by atoms with Crippen LogP contribution >= 0.6 is 0 Å². The van der Waals surface area contributed by atoms with E-state index in [1.54, 1.807) is 36.4 Å². The molecule has 86 valence electrons. The molecule has 0 amide bonds. The fourth-order valence-corrected chi connectivity index (χ4v) is 1.64. The Morgan fingerprint density at radius 2 is 1.82 bits per heavy atom. The summed E-state index contributed by atoms with van der Waals surface area (Å²) in [7, 11) is 0. The molecule has 0 bridgehead atoms. The van der Waals surface area contributed by atoms with Crippen LogP contribution in [-0.2, 0) is 6.54 Å². The van der Waals surface area contributed by atoms with E-state index < -0.39 is 0 Å². The quantitative estimate of drug-likeness (QED) is 0.789. The van der Waals surface area contributed by atoms with Crippen LogP contribution in [0.5, 0.6) is 5.75 Å². The predicted molar refractivity (Wildman–Crippen MR) is 65.9 cm³/mol. The monoisotopic (exact) mass is 227 g/mol. The largest absolute Gasteiger partial charge is 0.507 e. The molecule has 0 saturated carbocycles. The number of phenols is 1. The Morgan fingerprint density at radius 1 is 1.12 bits per heavy atom. The molecule has 0 saturated heterocycles. The van der Waals surface area contributed by atoms with Gasteiger partial charge in [-0.3, -0.25) is 4.79 Å². The van der Waals surface area contributed by atoms with Gasteiger partial charge in [-0.05, 0) is 17.7 Å². The SMILES string of the molecule is NCc1ccc(C(=O)c2ccccc2)c(O)c1. The van der Waals surface area contributed by atoms with Crippen molar-refractivity contribution in [1.29, 1.82) is 0 Å². The smallest absolute Gasteiger partial charge is 0.196 e. The first-order valence-corrected chi connectivity index (χ1v) is 5.34. The van der Waals surface area contributed by atoms with Crippen molar-refractivity contribution in [2.24, 2.45) is 5.73 Å². The summed E-state index contributed by atoms with van der Waals surface area (Å²) >= 11 is 0. The number of hydrogen-bond acceptors (Lipinski definition) is 3. The first-order valence-electron chi connectivity index (χ1n) is 5.34. The lowest BCUT2D eigenvalue weighted by Crippen LogP contribution is -2.03. The van der Waals surface area contributed by atoms with Gasteiger partial charge in [0.25, 0.3) is 0 Å². The summed E-state index contributed by atoms with van der Waals surface area (Å²) in [5, 5.41) is 9.78. The second kappa shape index (κ2) is 4.80. The zero-order valence-corrected chi connectivity index (χ0v) is 9.26. The second-order valence-corrected chi connectivity index (χ2v) is 3.75. The van der Waals surface area contributed by atoms with E-state index in [-0.39, 0.29) is 11.5 Å². The Hall–Kier alpha value is -2.13. The van der Waals surface area contributed by atoms with Crippen molar-refractivity contribution in [3.8, 4) is 5.75 Å². The summed E-state index contributed by atoms with van der Waals surface area (Å²) in [6.45, 7) is 0.341. The minimum atomic E-state index is -0.188. The van der Waals surface area contributed by atoms with Gasteiger partial charge in [-0.1, -0.05) is 36.4 Å². The van der Waals surface area contributed by atoms with E-state index in [0.29, 0.717) is 17.7 Å². The molecule has 17 heavy (non-hydrogen) atoms. The van der Waals surface area contributed by atoms with Crippen LogP contribution in [0.1, 0.15) is 21.5 Å². The summed E-state index contributed by atoms with van der Waals surface area (Å²) in [5.74, 6) is -0.214. The molecular formula is C14H13NO2. The van der Waals surface area contributed by atoms with Crippen LogP contribution in [0.2, 0.25) is 0 Å². The minimum absolute atomic E-state index is 0.0261. The van der Waals surface area contributed by atoms with Gasteiger partial charge in [0, 0.05) is 12.1 Å². The molecule has 0 unspecified atom stereocenters. The standard InChI is InChI=1S/C14H13NO2/c15-9-10-6-7-12(13(16)8-10)14(17)11-4-2-1-3-5-11/h1-8,16H,9,15H2. The zero-order chi connectivity index (χ0) is 12.3. The van der Waals surface area contributed by atoms with Gasteiger partial charge in [0.15, 0.2) is 5.78 Å². The molecule has 0 aliphatic rings. The molecule has 3 heteroatoms. The fraction of sp³-hybridized carbons (Fsp3) is 0.0714. The lowest BCUT2D eigenvalue weighted by Gasteiger charge is -2.05. The number of carbonyl (C=O) groups excluding carboxylic acids is 1. The molecular weight excluding hydrogens is 214 g/mol. The summed E-state index contributed by atoms with van der Waals surface area (Å²) in [6, 6.07) is 13.7. The molecule has 3 nitrogen and oxygen atoms in total. The highest BCUT2D eigenvalue weighted by Crippen LogP contribution is 2.21. The normalized spacial score (nSPS) is 10.2. The lowest BCUT2D eigenvalue weighted by atomic mass is 10.0. The number of aromatic hydroxyl groups is 1. The third-order valence-corrected chi connectivity index (χ3v) is 2.58. The average Bonchev–Trinajstić information content (AvgIpc) is 2.39. The molecule has 0 heterocycles. The molecule has 0 aliphatic carbocycles. The van der Waals surface area contributed by atoms with Crippen LogP contribution in [-0.4, -0.2) is 10.9 Å². The first-order chi connectivity index (χ1) is 8.22. The third-order valence-electron chi connectivity index (χ3n) is 2.58. The average molecular weight is 227 g/mol. The van der Waals surface area contributed by atoms with Gasteiger partial charge in [-0.2, -0.15) is 0 Å². The van der Waals surface area contributed by atoms with Crippen LogP contribution in [0.15, 0.2) is 48.5 Å². The Kier molecular flexibility index (Phi) is 3.21. The Morgan fingerprint density at radius 3 is 2.41 bits per heavy atom. The predicted octanol–water partition coefficient (Wildman–Crippen LogP) is 2.08. The molecule has 0 aliphatic heterocycles. The van der Waals surface area contributed by atoms with Crippen molar-refractivity contribution in [1.82, 2.24) is 0 Å². The van der Waals surface area contributed by atoms with E-state index in [1.807, 2.05) is 6.07 Å². The Balaban J connectivity index is 2.38. The lowest BCUT2D eigenvalue weighted by molar-refractivity contribution is 0.103. The maximum absolute atomic E-state index is 12.1. The molecule has 2 rings (SSSR count). The van der Waals surface area contributed by atoms with E-state index in [4.69, 9.17) is 5.73 Å². The van der Waals surface area contributed by atoms with Gasteiger partial charge in [0.05, 0.1) is 5.56 Å². The van der Waals surface area contributed by atoms with E-state index in [2.05, 4.69) is 0 Å². The van der Waals surface area contributed by atoms with E-state index in [1.165, 1.54) is 6.07 Å². The Bertz CT molecular complexity index is 535. The molecule has 3 N–H and O–H groups in total. The number of phenolic OH excluding ortho intramolecular Hbond substituents is 1. The van der Waals surface area contributed by atoms with Crippen molar-refractivity contribution in [2.45, 2.75) is 6.54 Å². The van der Waals surface area contributed by atoms with E-state index in [0.717, 1.165) is 5.56 Å². The zero-order valence-electron chi connectivity index (χ0n) is 9.26. The number of hydrogen-bond donors (Lipinski definition) is 2. The summed E-state index contributed by atoms with van der Waals surface area (Å²) < 4.78 is 0. The number of benzene rings is 2. The van der Waals surface area contributed by atoms with Gasteiger partial charge < -0.3 is 10.8 Å². The molecule has 2 aromatic carbocycles. The van der Waals surface area contributed by atoms with Crippen molar-refractivity contribution in [3.05, 3.63) is 65.2 Å². The number of carbonyl (C=O) groups is 1.